The van der Waals surface area contributed by atoms with Crippen molar-refractivity contribution < 1.29 is 0 Å². The van der Waals surface area contributed by atoms with Crippen molar-refractivity contribution in [1.29, 1.82) is 0 Å². The van der Waals surface area contributed by atoms with E-state index in [2.05, 4.69) is 47.3 Å². The lowest BCUT2D eigenvalue weighted by Gasteiger charge is -2.33. The van der Waals surface area contributed by atoms with Crippen LogP contribution in [0.15, 0.2) is 18.2 Å². The number of nitrogens with one attached hydrogen (secondary N) is 2. The Labute approximate surface area is 114 Å². The summed E-state index contributed by atoms with van der Waals surface area (Å²) in [7, 11) is 0. The van der Waals surface area contributed by atoms with Gasteiger partial charge in [-0.15, -0.1) is 0 Å². The Morgan fingerprint density at radius 2 is 2.11 bits per heavy atom. The molecule has 1 aromatic heterocycles. The van der Waals surface area contributed by atoms with Crippen LogP contribution in [0.2, 0.25) is 0 Å². The van der Waals surface area contributed by atoms with E-state index in [1.54, 1.807) is 0 Å². The van der Waals surface area contributed by atoms with Gasteiger partial charge in [-0.1, -0.05) is 13.8 Å². The van der Waals surface area contributed by atoms with Gasteiger partial charge in [-0.3, -0.25) is 0 Å². The van der Waals surface area contributed by atoms with Crippen molar-refractivity contribution in [3.63, 3.8) is 0 Å². The quantitative estimate of drug-likeness (QED) is 0.850. The molecule has 102 valence electrons. The summed E-state index contributed by atoms with van der Waals surface area (Å²) in [6, 6.07) is 7.03. The third kappa shape index (κ3) is 2.60. The fourth-order valence-electron chi connectivity index (χ4n) is 3.32. The Bertz CT molecular complexity index is 572. The predicted molar refractivity (Wildman–Crippen MR) is 80.4 cm³/mol. The first kappa shape index (κ1) is 12.5. The summed E-state index contributed by atoms with van der Waals surface area (Å²) in [6.07, 6.45) is 3.96. The standard InChI is InChI=1S/C16H23N3/c1-10-4-6-14(11(2)8-10)19-13-5-7-15-16(9-13)18-12(3)17-15/h5,7,9-11,14,19H,4,6,8H2,1-3H3,(H,17,18). The highest BCUT2D eigenvalue weighted by Gasteiger charge is 2.25. The number of imidazole rings is 1. The lowest BCUT2D eigenvalue weighted by Crippen LogP contribution is -2.32. The number of aryl methyl sites for hydroxylation is 1. The van der Waals surface area contributed by atoms with Gasteiger partial charge in [-0.2, -0.15) is 0 Å². The highest BCUT2D eigenvalue weighted by atomic mass is 14.9. The summed E-state index contributed by atoms with van der Waals surface area (Å²) in [6.45, 7) is 6.73. The smallest absolute Gasteiger partial charge is 0.104 e. The summed E-state index contributed by atoms with van der Waals surface area (Å²) >= 11 is 0. The van der Waals surface area contributed by atoms with E-state index < -0.39 is 0 Å². The average Bonchev–Trinajstić information content (AvgIpc) is 2.72. The van der Waals surface area contributed by atoms with Crippen LogP contribution >= 0.6 is 0 Å². The Hall–Kier alpha value is -1.51. The first-order valence-electron chi connectivity index (χ1n) is 7.34. The van der Waals surface area contributed by atoms with Gasteiger partial charge < -0.3 is 10.3 Å². The molecular formula is C16H23N3. The van der Waals surface area contributed by atoms with Crippen molar-refractivity contribution in [3.8, 4) is 0 Å². The van der Waals surface area contributed by atoms with Crippen LogP contribution in [0.1, 0.15) is 38.9 Å². The van der Waals surface area contributed by atoms with Crippen LogP contribution in [0.25, 0.3) is 11.0 Å². The molecule has 3 rings (SSSR count). The Morgan fingerprint density at radius 1 is 1.26 bits per heavy atom. The molecule has 3 heteroatoms. The SMILES string of the molecule is Cc1nc2ccc(NC3CCC(C)CC3C)cc2[nH]1. The lowest BCUT2D eigenvalue weighted by atomic mass is 9.80. The summed E-state index contributed by atoms with van der Waals surface area (Å²) in [5.74, 6) is 2.61. The molecule has 1 aromatic carbocycles. The Kier molecular flexibility index (Phi) is 3.21. The van der Waals surface area contributed by atoms with Crippen molar-refractivity contribution in [1.82, 2.24) is 9.97 Å². The maximum Gasteiger partial charge on any atom is 0.104 e. The number of anilines is 1. The second-order valence-electron chi connectivity index (χ2n) is 6.20. The van der Waals surface area contributed by atoms with Gasteiger partial charge in [-0.25, -0.2) is 4.98 Å². The Balaban J connectivity index is 1.77. The van der Waals surface area contributed by atoms with Gasteiger partial charge in [0.05, 0.1) is 11.0 Å². The fourth-order valence-corrected chi connectivity index (χ4v) is 3.32. The molecule has 0 saturated heterocycles. The fraction of sp³-hybridized carbons (Fsp3) is 0.562. The van der Waals surface area contributed by atoms with Crippen LogP contribution < -0.4 is 5.32 Å². The van der Waals surface area contributed by atoms with E-state index in [-0.39, 0.29) is 0 Å². The van der Waals surface area contributed by atoms with E-state index in [0.29, 0.717) is 6.04 Å². The van der Waals surface area contributed by atoms with Gasteiger partial charge in [0.25, 0.3) is 0 Å². The van der Waals surface area contributed by atoms with Gasteiger partial charge in [0.2, 0.25) is 0 Å². The van der Waals surface area contributed by atoms with Gasteiger partial charge >= 0.3 is 0 Å². The van der Waals surface area contributed by atoms with Gasteiger partial charge in [0, 0.05) is 11.7 Å². The largest absolute Gasteiger partial charge is 0.382 e. The molecule has 0 amide bonds. The van der Waals surface area contributed by atoms with Crippen molar-refractivity contribution in [3.05, 3.63) is 24.0 Å². The molecule has 1 fully saturated rings. The van der Waals surface area contributed by atoms with Crippen LogP contribution in [0.5, 0.6) is 0 Å². The molecule has 2 N–H and O–H groups in total. The zero-order valence-corrected chi connectivity index (χ0v) is 12.0. The minimum atomic E-state index is 0.609. The van der Waals surface area contributed by atoms with Crippen LogP contribution in [0.3, 0.4) is 0 Å². The number of aromatic nitrogens is 2. The molecule has 0 radical (unpaired) electrons. The molecule has 1 aliphatic carbocycles. The number of hydrogen-bond donors (Lipinski definition) is 2. The van der Waals surface area contributed by atoms with Crippen LogP contribution in [-0.4, -0.2) is 16.0 Å². The third-order valence-corrected chi connectivity index (χ3v) is 4.38. The van der Waals surface area contributed by atoms with E-state index in [9.17, 15) is 0 Å². The molecule has 19 heavy (non-hydrogen) atoms. The highest BCUT2D eigenvalue weighted by molar-refractivity contribution is 5.79. The van der Waals surface area contributed by atoms with Crippen molar-refractivity contribution in [2.24, 2.45) is 11.8 Å². The highest BCUT2D eigenvalue weighted by Crippen LogP contribution is 2.31. The Morgan fingerprint density at radius 3 is 2.89 bits per heavy atom. The lowest BCUT2D eigenvalue weighted by molar-refractivity contribution is 0.276. The molecule has 0 bridgehead atoms. The number of aromatic amines is 1. The molecule has 2 aromatic rings. The minimum absolute atomic E-state index is 0.609. The van der Waals surface area contributed by atoms with E-state index in [4.69, 9.17) is 0 Å². The number of rotatable bonds is 2. The van der Waals surface area contributed by atoms with Gasteiger partial charge in [0.15, 0.2) is 0 Å². The van der Waals surface area contributed by atoms with E-state index in [1.807, 2.05) is 6.92 Å². The summed E-state index contributed by atoms with van der Waals surface area (Å²) in [5.41, 5.74) is 3.38. The zero-order valence-electron chi connectivity index (χ0n) is 12.0. The maximum absolute atomic E-state index is 4.44. The zero-order chi connectivity index (χ0) is 13.4. The van der Waals surface area contributed by atoms with Crippen molar-refractivity contribution >= 4 is 16.7 Å². The molecule has 3 nitrogen and oxygen atoms in total. The summed E-state index contributed by atoms with van der Waals surface area (Å²) in [4.78, 5) is 7.75. The summed E-state index contributed by atoms with van der Waals surface area (Å²) < 4.78 is 0. The minimum Gasteiger partial charge on any atom is -0.382 e. The predicted octanol–water partition coefficient (Wildman–Crippen LogP) is 4.11. The first-order chi connectivity index (χ1) is 9.11. The number of H-pyrrole nitrogens is 1. The van der Waals surface area contributed by atoms with Crippen molar-refractivity contribution in [2.45, 2.75) is 46.1 Å². The molecule has 1 heterocycles. The van der Waals surface area contributed by atoms with Crippen LogP contribution in [0, 0.1) is 18.8 Å². The second kappa shape index (κ2) is 4.87. The van der Waals surface area contributed by atoms with Gasteiger partial charge in [-0.05, 0) is 56.2 Å². The van der Waals surface area contributed by atoms with Gasteiger partial charge in [0.1, 0.15) is 5.82 Å². The van der Waals surface area contributed by atoms with E-state index in [0.717, 1.165) is 28.7 Å². The topological polar surface area (TPSA) is 40.7 Å². The molecule has 3 unspecified atom stereocenters. The number of fused-ring (bicyclic) bond motifs is 1. The van der Waals surface area contributed by atoms with Crippen molar-refractivity contribution in [2.75, 3.05) is 5.32 Å². The van der Waals surface area contributed by atoms with Crippen LogP contribution in [-0.2, 0) is 0 Å². The van der Waals surface area contributed by atoms with E-state index in [1.165, 1.54) is 24.9 Å². The number of benzene rings is 1. The second-order valence-corrected chi connectivity index (χ2v) is 6.20. The molecule has 3 atom stereocenters. The average molecular weight is 257 g/mol. The molecule has 1 aliphatic rings. The normalized spacial score (nSPS) is 27.6. The monoisotopic (exact) mass is 257 g/mol. The molecule has 1 saturated carbocycles. The third-order valence-electron chi connectivity index (χ3n) is 4.38. The first-order valence-corrected chi connectivity index (χ1v) is 7.34. The van der Waals surface area contributed by atoms with E-state index >= 15 is 0 Å². The molecule has 0 spiro atoms. The molecule has 0 aliphatic heterocycles. The maximum atomic E-state index is 4.44. The molecular weight excluding hydrogens is 234 g/mol. The van der Waals surface area contributed by atoms with Crippen LogP contribution in [0.4, 0.5) is 5.69 Å². The number of hydrogen-bond acceptors (Lipinski definition) is 2. The summed E-state index contributed by atoms with van der Waals surface area (Å²) in [5, 5.41) is 3.70. The number of nitrogens with zero attached hydrogens (tertiary/aromatic N) is 1.